The molecular formula is C16H20N2. The number of aryl methyl sites for hydroxylation is 2. The molecule has 0 saturated heterocycles. The normalized spacial score (nSPS) is 10.3. The molecule has 0 unspecified atom stereocenters. The second kappa shape index (κ2) is 5.58. The Morgan fingerprint density at radius 3 is 2.56 bits per heavy atom. The van der Waals surface area contributed by atoms with Crippen LogP contribution in [-0.2, 0) is 13.0 Å². The summed E-state index contributed by atoms with van der Waals surface area (Å²) in [5, 5.41) is 3.42. The number of hydrogen-bond donors (Lipinski definition) is 2. The smallest absolute Gasteiger partial charge is 0.0421 e. The molecule has 3 N–H and O–H groups in total. The van der Waals surface area contributed by atoms with Gasteiger partial charge in [-0.25, -0.2) is 0 Å². The fourth-order valence-electron chi connectivity index (χ4n) is 2.05. The Morgan fingerprint density at radius 2 is 1.83 bits per heavy atom. The van der Waals surface area contributed by atoms with E-state index in [0.29, 0.717) is 0 Å². The fraction of sp³-hybridized carbons (Fsp3) is 0.250. The van der Waals surface area contributed by atoms with Gasteiger partial charge in [-0.3, -0.25) is 0 Å². The van der Waals surface area contributed by atoms with E-state index >= 15 is 0 Å². The molecule has 2 aromatic carbocycles. The zero-order valence-electron chi connectivity index (χ0n) is 11.0. The summed E-state index contributed by atoms with van der Waals surface area (Å²) in [5.41, 5.74) is 11.8. The Kier molecular flexibility index (Phi) is 3.88. The highest BCUT2D eigenvalue weighted by Crippen LogP contribution is 2.18. The summed E-state index contributed by atoms with van der Waals surface area (Å²) in [6.07, 6.45) is 1.06. The molecule has 18 heavy (non-hydrogen) atoms. The minimum atomic E-state index is 0.763. The predicted molar refractivity (Wildman–Crippen MR) is 78.7 cm³/mol. The van der Waals surface area contributed by atoms with E-state index in [9.17, 15) is 0 Å². The third-order valence-corrected chi connectivity index (χ3v) is 3.27. The van der Waals surface area contributed by atoms with Crippen LogP contribution in [0.15, 0.2) is 42.5 Å². The van der Waals surface area contributed by atoms with Gasteiger partial charge in [0.2, 0.25) is 0 Å². The van der Waals surface area contributed by atoms with Gasteiger partial charge in [0.25, 0.3) is 0 Å². The minimum absolute atomic E-state index is 0.763. The first kappa shape index (κ1) is 12.5. The van der Waals surface area contributed by atoms with Gasteiger partial charge < -0.3 is 11.1 Å². The van der Waals surface area contributed by atoms with Crippen LogP contribution in [0.3, 0.4) is 0 Å². The highest BCUT2D eigenvalue weighted by Gasteiger charge is 2.00. The van der Waals surface area contributed by atoms with Crippen LogP contribution in [0.4, 0.5) is 11.4 Å². The molecule has 0 aliphatic carbocycles. The molecule has 0 saturated carbocycles. The molecule has 2 heteroatoms. The van der Waals surface area contributed by atoms with Gasteiger partial charge in [0.05, 0.1) is 0 Å². The van der Waals surface area contributed by atoms with Crippen molar-refractivity contribution in [3.05, 3.63) is 59.2 Å². The highest BCUT2D eigenvalue weighted by atomic mass is 14.9. The van der Waals surface area contributed by atoms with Crippen LogP contribution >= 0.6 is 0 Å². The van der Waals surface area contributed by atoms with Crippen molar-refractivity contribution >= 4 is 11.4 Å². The standard InChI is InChI=1S/C16H20N2/c1-3-13-10-15(9-8-12(13)2)18-11-14-6-4-5-7-16(14)17/h4-10,18H,3,11,17H2,1-2H3. The topological polar surface area (TPSA) is 38.0 Å². The lowest BCUT2D eigenvalue weighted by atomic mass is 10.1. The quantitative estimate of drug-likeness (QED) is 0.799. The fourth-order valence-corrected chi connectivity index (χ4v) is 2.05. The van der Waals surface area contributed by atoms with E-state index < -0.39 is 0 Å². The molecule has 0 radical (unpaired) electrons. The number of nitrogens with two attached hydrogens (primary N) is 1. The molecule has 2 nitrogen and oxygen atoms in total. The molecule has 0 atom stereocenters. The minimum Gasteiger partial charge on any atom is -0.398 e. The van der Waals surface area contributed by atoms with E-state index in [1.54, 1.807) is 0 Å². The maximum Gasteiger partial charge on any atom is 0.0421 e. The summed E-state index contributed by atoms with van der Waals surface area (Å²) in [6, 6.07) is 14.5. The summed E-state index contributed by atoms with van der Waals surface area (Å²) < 4.78 is 0. The monoisotopic (exact) mass is 240 g/mol. The molecule has 94 valence electrons. The van der Waals surface area contributed by atoms with Crippen molar-refractivity contribution in [2.75, 3.05) is 11.1 Å². The zero-order chi connectivity index (χ0) is 13.0. The van der Waals surface area contributed by atoms with Crippen molar-refractivity contribution in [1.29, 1.82) is 0 Å². The molecule has 2 rings (SSSR count). The van der Waals surface area contributed by atoms with Crippen LogP contribution in [0.1, 0.15) is 23.6 Å². The summed E-state index contributed by atoms with van der Waals surface area (Å²) in [6.45, 7) is 5.10. The lowest BCUT2D eigenvalue weighted by Crippen LogP contribution is -2.03. The van der Waals surface area contributed by atoms with Crippen LogP contribution in [0.5, 0.6) is 0 Å². The molecule has 0 fully saturated rings. The predicted octanol–water partition coefficient (Wildman–Crippen LogP) is 3.75. The maximum atomic E-state index is 5.92. The van der Waals surface area contributed by atoms with Crippen LogP contribution in [0.2, 0.25) is 0 Å². The molecule has 0 aromatic heterocycles. The number of nitrogen functional groups attached to an aromatic ring is 1. The third-order valence-electron chi connectivity index (χ3n) is 3.27. The Hall–Kier alpha value is -1.96. The van der Waals surface area contributed by atoms with Crippen LogP contribution in [-0.4, -0.2) is 0 Å². The van der Waals surface area contributed by atoms with E-state index in [4.69, 9.17) is 5.73 Å². The number of rotatable bonds is 4. The van der Waals surface area contributed by atoms with E-state index in [1.807, 2.05) is 18.2 Å². The summed E-state index contributed by atoms with van der Waals surface area (Å²) in [4.78, 5) is 0. The Bertz CT molecular complexity index is 532. The summed E-state index contributed by atoms with van der Waals surface area (Å²) in [7, 11) is 0. The van der Waals surface area contributed by atoms with Gasteiger partial charge in [0, 0.05) is 17.9 Å². The van der Waals surface area contributed by atoms with Gasteiger partial charge in [-0.15, -0.1) is 0 Å². The Balaban J connectivity index is 2.09. The van der Waals surface area contributed by atoms with Crippen molar-refractivity contribution in [2.24, 2.45) is 0 Å². The molecule has 0 amide bonds. The van der Waals surface area contributed by atoms with Crippen molar-refractivity contribution < 1.29 is 0 Å². The molecule has 0 spiro atoms. The van der Waals surface area contributed by atoms with Gasteiger partial charge in [-0.05, 0) is 48.2 Å². The first-order valence-corrected chi connectivity index (χ1v) is 6.37. The van der Waals surface area contributed by atoms with Gasteiger partial charge >= 0.3 is 0 Å². The molecule has 0 heterocycles. The number of benzene rings is 2. The number of para-hydroxylation sites is 1. The maximum absolute atomic E-state index is 5.92. The second-order valence-electron chi connectivity index (χ2n) is 4.55. The molecule has 0 aliphatic heterocycles. The van der Waals surface area contributed by atoms with Crippen molar-refractivity contribution in [1.82, 2.24) is 0 Å². The third kappa shape index (κ3) is 2.83. The first-order chi connectivity index (χ1) is 8.70. The lowest BCUT2D eigenvalue weighted by molar-refractivity contribution is 1.10. The van der Waals surface area contributed by atoms with Gasteiger partial charge in [0.15, 0.2) is 0 Å². The van der Waals surface area contributed by atoms with Crippen LogP contribution in [0, 0.1) is 6.92 Å². The van der Waals surface area contributed by atoms with E-state index in [-0.39, 0.29) is 0 Å². The molecular weight excluding hydrogens is 220 g/mol. The van der Waals surface area contributed by atoms with Crippen LogP contribution in [0.25, 0.3) is 0 Å². The largest absolute Gasteiger partial charge is 0.398 e. The Labute approximate surface area is 109 Å². The van der Waals surface area contributed by atoms with E-state index in [2.05, 4.69) is 43.4 Å². The Morgan fingerprint density at radius 1 is 1.06 bits per heavy atom. The average molecular weight is 240 g/mol. The second-order valence-corrected chi connectivity index (χ2v) is 4.55. The van der Waals surface area contributed by atoms with Crippen molar-refractivity contribution in [3.8, 4) is 0 Å². The van der Waals surface area contributed by atoms with Crippen molar-refractivity contribution in [3.63, 3.8) is 0 Å². The number of anilines is 2. The first-order valence-electron chi connectivity index (χ1n) is 6.37. The SMILES string of the molecule is CCc1cc(NCc2ccccc2N)ccc1C. The molecule has 0 aliphatic rings. The van der Waals surface area contributed by atoms with E-state index in [0.717, 1.165) is 29.9 Å². The van der Waals surface area contributed by atoms with E-state index in [1.165, 1.54) is 11.1 Å². The van der Waals surface area contributed by atoms with Crippen molar-refractivity contribution in [2.45, 2.75) is 26.8 Å². The number of nitrogens with one attached hydrogen (secondary N) is 1. The lowest BCUT2D eigenvalue weighted by Gasteiger charge is -2.11. The summed E-state index contributed by atoms with van der Waals surface area (Å²) >= 11 is 0. The van der Waals surface area contributed by atoms with Gasteiger partial charge in [-0.2, -0.15) is 0 Å². The summed E-state index contributed by atoms with van der Waals surface area (Å²) in [5.74, 6) is 0. The average Bonchev–Trinajstić information content (AvgIpc) is 2.39. The van der Waals surface area contributed by atoms with Crippen LogP contribution < -0.4 is 11.1 Å². The zero-order valence-corrected chi connectivity index (χ0v) is 11.0. The molecule has 0 bridgehead atoms. The van der Waals surface area contributed by atoms with Gasteiger partial charge in [-0.1, -0.05) is 31.2 Å². The highest BCUT2D eigenvalue weighted by molar-refractivity contribution is 5.52. The van der Waals surface area contributed by atoms with Gasteiger partial charge in [0.1, 0.15) is 0 Å². The number of hydrogen-bond acceptors (Lipinski definition) is 2. The molecule has 2 aromatic rings.